The molecule has 1 fully saturated rings. The molecular formula is C14H15BrFNO2. The number of hydrogen-bond donors (Lipinski definition) is 0. The molecule has 102 valence electrons. The van der Waals surface area contributed by atoms with Crippen LogP contribution in [0.3, 0.4) is 0 Å². The van der Waals surface area contributed by atoms with Crippen LogP contribution in [-0.2, 0) is 4.79 Å². The molecule has 0 radical (unpaired) electrons. The molecule has 1 unspecified atom stereocenters. The second-order valence-electron chi connectivity index (χ2n) is 4.80. The van der Waals surface area contributed by atoms with Crippen LogP contribution in [0.5, 0.6) is 0 Å². The van der Waals surface area contributed by atoms with Gasteiger partial charge in [0.15, 0.2) is 0 Å². The fourth-order valence-electron chi connectivity index (χ4n) is 2.49. The predicted octanol–water partition coefficient (Wildman–Crippen LogP) is 3.17. The molecule has 1 amide bonds. The Hall–Kier alpha value is -1.23. The first kappa shape index (κ1) is 14.2. The molecule has 0 spiro atoms. The van der Waals surface area contributed by atoms with Crippen molar-refractivity contribution in [3.63, 3.8) is 0 Å². The molecule has 1 atom stereocenters. The highest BCUT2D eigenvalue weighted by molar-refractivity contribution is 9.10. The Kier molecular flexibility index (Phi) is 4.34. The molecule has 2 rings (SSSR count). The number of carbonyl (C=O) groups is 2. The summed E-state index contributed by atoms with van der Waals surface area (Å²) in [6.45, 7) is 2.09. The zero-order chi connectivity index (χ0) is 14.0. The van der Waals surface area contributed by atoms with E-state index in [4.69, 9.17) is 0 Å². The largest absolute Gasteiger partial charge is 0.335 e. The van der Waals surface area contributed by atoms with Crippen molar-refractivity contribution in [2.75, 3.05) is 6.54 Å². The van der Waals surface area contributed by atoms with Gasteiger partial charge in [-0.05, 0) is 47.8 Å². The molecule has 1 heterocycles. The third-order valence-corrected chi connectivity index (χ3v) is 4.00. The van der Waals surface area contributed by atoms with Gasteiger partial charge in [-0.25, -0.2) is 4.39 Å². The van der Waals surface area contributed by atoms with Crippen LogP contribution in [0.1, 0.15) is 36.5 Å². The molecule has 5 heteroatoms. The lowest BCUT2D eigenvalue weighted by molar-refractivity contribution is -0.117. The van der Waals surface area contributed by atoms with E-state index in [9.17, 15) is 14.0 Å². The van der Waals surface area contributed by atoms with E-state index in [1.165, 1.54) is 13.0 Å². The minimum absolute atomic E-state index is 0.0531. The van der Waals surface area contributed by atoms with Crippen LogP contribution in [0.2, 0.25) is 0 Å². The van der Waals surface area contributed by atoms with Gasteiger partial charge < -0.3 is 4.90 Å². The number of hydrogen-bond acceptors (Lipinski definition) is 2. The molecule has 0 aliphatic carbocycles. The lowest BCUT2D eigenvalue weighted by atomic mass is 10.1. The summed E-state index contributed by atoms with van der Waals surface area (Å²) < 4.78 is 14.2. The van der Waals surface area contributed by atoms with Crippen molar-refractivity contribution in [3.8, 4) is 0 Å². The molecule has 0 saturated carbocycles. The van der Waals surface area contributed by atoms with Gasteiger partial charge in [-0.15, -0.1) is 0 Å². The Balaban J connectivity index is 2.26. The van der Waals surface area contributed by atoms with Gasteiger partial charge in [0.25, 0.3) is 5.91 Å². The normalized spacial score (nSPS) is 18.7. The average Bonchev–Trinajstić information content (AvgIpc) is 2.75. The first-order valence-corrected chi connectivity index (χ1v) is 7.04. The molecule has 19 heavy (non-hydrogen) atoms. The molecule has 1 aliphatic heterocycles. The molecule has 1 aromatic carbocycles. The molecule has 0 aromatic heterocycles. The highest BCUT2D eigenvalue weighted by Gasteiger charge is 2.32. The van der Waals surface area contributed by atoms with Gasteiger partial charge in [-0.1, -0.05) is 6.07 Å². The number of ketones is 1. The van der Waals surface area contributed by atoms with E-state index in [0.29, 0.717) is 17.4 Å². The zero-order valence-corrected chi connectivity index (χ0v) is 12.2. The summed E-state index contributed by atoms with van der Waals surface area (Å²) in [5, 5.41) is 0. The average molecular weight is 328 g/mol. The predicted molar refractivity (Wildman–Crippen MR) is 73.5 cm³/mol. The Labute approximate surface area is 119 Å². The number of likely N-dealkylation sites (tertiary alicyclic amines) is 1. The summed E-state index contributed by atoms with van der Waals surface area (Å²) in [6, 6.07) is 4.37. The Morgan fingerprint density at radius 2 is 2.21 bits per heavy atom. The quantitative estimate of drug-likeness (QED) is 0.855. The minimum atomic E-state index is -0.534. The van der Waals surface area contributed by atoms with Crippen molar-refractivity contribution in [2.24, 2.45) is 0 Å². The van der Waals surface area contributed by atoms with Crippen molar-refractivity contribution in [1.29, 1.82) is 0 Å². The molecule has 1 aliphatic rings. The van der Waals surface area contributed by atoms with Gasteiger partial charge in [0.1, 0.15) is 11.6 Å². The Bertz CT molecular complexity index is 498. The third kappa shape index (κ3) is 3.03. The fraction of sp³-hybridized carbons (Fsp3) is 0.429. The Morgan fingerprint density at radius 3 is 2.84 bits per heavy atom. The van der Waals surface area contributed by atoms with Crippen LogP contribution in [0, 0.1) is 5.82 Å². The van der Waals surface area contributed by atoms with Crippen molar-refractivity contribution in [3.05, 3.63) is 34.1 Å². The lowest BCUT2D eigenvalue weighted by Gasteiger charge is -2.24. The first-order chi connectivity index (χ1) is 9.00. The number of carbonyl (C=O) groups excluding carboxylic acids is 2. The van der Waals surface area contributed by atoms with E-state index in [-0.39, 0.29) is 23.3 Å². The monoisotopic (exact) mass is 327 g/mol. The highest BCUT2D eigenvalue weighted by Crippen LogP contribution is 2.27. The summed E-state index contributed by atoms with van der Waals surface area (Å²) >= 11 is 3.21. The fourth-order valence-corrected chi connectivity index (χ4v) is 3.00. The molecule has 0 bridgehead atoms. The van der Waals surface area contributed by atoms with Crippen LogP contribution in [0.15, 0.2) is 22.7 Å². The van der Waals surface area contributed by atoms with E-state index < -0.39 is 5.82 Å². The number of halogens is 2. The number of benzene rings is 1. The van der Waals surface area contributed by atoms with Crippen molar-refractivity contribution in [1.82, 2.24) is 4.90 Å². The molecule has 3 nitrogen and oxygen atoms in total. The second-order valence-corrected chi connectivity index (χ2v) is 5.65. The van der Waals surface area contributed by atoms with E-state index in [0.717, 1.165) is 12.8 Å². The van der Waals surface area contributed by atoms with Gasteiger partial charge >= 0.3 is 0 Å². The van der Waals surface area contributed by atoms with Crippen LogP contribution < -0.4 is 0 Å². The van der Waals surface area contributed by atoms with Crippen LogP contribution in [-0.4, -0.2) is 29.2 Å². The van der Waals surface area contributed by atoms with E-state index in [2.05, 4.69) is 15.9 Å². The maximum absolute atomic E-state index is 13.8. The van der Waals surface area contributed by atoms with Gasteiger partial charge in [-0.2, -0.15) is 0 Å². The summed E-state index contributed by atoms with van der Waals surface area (Å²) in [7, 11) is 0. The summed E-state index contributed by atoms with van der Waals surface area (Å²) in [5.41, 5.74) is 0.0537. The zero-order valence-electron chi connectivity index (χ0n) is 10.7. The number of rotatable bonds is 3. The van der Waals surface area contributed by atoms with Crippen molar-refractivity contribution in [2.45, 2.75) is 32.2 Å². The van der Waals surface area contributed by atoms with Gasteiger partial charge in [-0.3, -0.25) is 9.59 Å². The first-order valence-electron chi connectivity index (χ1n) is 6.25. The SMILES string of the molecule is CC(=O)CC1CCCN1C(=O)c1c(F)cccc1Br. The summed E-state index contributed by atoms with van der Waals surface area (Å²) in [5.74, 6) is -0.820. The number of Topliss-reactive ketones (excluding diaryl/α,β-unsaturated/α-hetero) is 1. The van der Waals surface area contributed by atoms with Crippen LogP contribution in [0.4, 0.5) is 4.39 Å². The third-order valence-electron chi connectivity index (χ3n) is 3.34. The van der Waals surface area contributed by atoms with Gasteiger partial charge in [0, 0.05) is 23.5 Å². The summed E-state index contributed by atoms with van der Waals surface area (Å²) in [4.78, 5) is 25.3. The molecule has 0 N–H and O–H groups in total. The topological polar surface area (TPSA) is 37.4 Å². The van der Waals surface area contributed by atoms with Crippen molar-refractivity contribution >= 4 is 27.6 Å². The van der Waals surface area contributed by atoms with Crippen molar-refractivity contribution < 1.29 is 14.0 Å². The second kappa shape index (κ2) is 5.82. The van der Waals surface area contributed by atoms with Gasteiger partial charge in [0.05, 0.1) is 5.56 Å². The highest BCUT2D eigenvalue weighted by atomic mass is 79.9. The van der Waals surface area contributed by atoms with E-state index in [1.807, 2.05) is 0 Å². The molecule has 1 aromatic rings. The van der Waals surface area contributed by atoms with E-state index in [1.54, 1.807) is 17.0 Å². The number of nitrogens with zero attached hydrogens (tertiary/aromatic N) is 1. The Morgan fingerprint density at radius 1 is 1.47 bits per heavy atom. The molecular weight excluding hydrogens is 313 g/mol. The smallest absolute Gasteiger partial charge is 0.258 e. The lowest BCUT2D eigenvalue weighted by Crippen LogP contribution is -2.37. The maximum atomic E-state index is 13.8. The molecule has 1 saturated heterocycles. The standard InChI is InChI=1S/C14H15BrFNO2/c1-9(18)8-10-4-3-7-17(10)14(19)13-11(15)5-2-6-12(13)16/h2,5-6,10H,3-4,7-8H2,1H3. The maximum Gasteiger partial charge on any atom is 0.258 e. The van der Waals surface area contributed by atoms with Crippen LogP contribution in [0.25, 0.3) is 0 Å². The minimum Gasteiger partial charge on any atom is -0.335 e. The van der Waals surface area contributed by atoms with Gasteiger partial charge in [0.2, 0.25) is 0 Å². The van der Waals surface area contributed by atoms with E-state index >= 15 is 0 Å². The number of amides is 1. The van der Waals surface area contributed by atoms with Crippen LogP contribution >= 0.6 is 15.9 Å². The summed E-state index contributed by atoms with van der Waals surface area (Å²) in [6.07, 6.45) is 2.00.